The van der Waals surface area contributed by atoms with Crippen molar-refractivity contribution in [2.45, 2.75) is 44.6 Å². The molecule has 88 valence electrons. The minimum atomic E-state index is 0.335. The first-order chi connectivity index (χ1) is 8.30. The van der Waals surface area contributed by atoms with Crippen LogP contribution in [-0.4, -0.2) is 11.1 Å². The first kappa shape index (κ1) is 10.6. The summed E-state index contributed by atoms with van der Waals surface area (Å²) in [4.78, 5) is 7.27. The van der Waals surface area contributed by atoms with E-state index in [9.17, 15) is 0 Å². The number of hydrogen-bond donors (Lipinski definition) is 0. The first-order valence-corrected chi connectivity index (χ1v) is 6.30. The Hall–Kier alpha value is -1.56. The molecular weight excluding hydrogens is 212 g/mol. The zero-order valence-electron chi connectivity index (χ0n) is 9.85. The van der Waals surface area contributed by atoms with Crippen molar-refractivity contribution in [3.05, 3.63) is 29.7 Å². The van der Waals surface area contributed by atoms with E-state index in [1.54, 1.807) is 12.3 Å². The Labute approximate surface area is 102 Å². The van der Waals surface area contributed by atoms with E-state index in [-0.39, 0.29) is 0 Å². The van der Waals surface area contributed by atoms with Crippen molar-refractivity contribution in [3.8, 4) is 5.75 Å². The third-order valence-corrected chi connectivity index (χ3v) is 4.08. The van der Waals surface area contributed by atoms with Gasteiger partial charge in [-0.3, -0.25) is 0 Å². The number of aromatic nitrogens is 1. The normalized spacial score (nSPS) is 22.1. The van der Waals surface area contributed by atoms with Crippen molar-refractivity contribution in [1.82, 2.24) is 4.98 Å². The van der Waals surface area contributed by atoms with Gasteiger partial charge in [0.25, 0.3) is 5.82 Å². The first-order valence-electron chi connectivity index (χ1n) is 6.30. The van der Waals surface area contributed by atoms with Gasteiger partial charge in [-0.05, 0) is 43.9 Å². The van der Waals surface area contributed by atoms with Crippen LogP contribution in [0.3, 0.4) is 0 Å². The number of ether oxygens (including phenoxy) is 1. The molecule has 0 aromatic carbocycles. The molecule has 0 radical (unpaired) electrons. The SMILES string of the molecule is [C-]#[N+]c1cc(OC2CCC3(CC2)CC3)ccn1. The Balaban J connectivity index is 1.61. The average Bonchev–Trinajstić information content (AvgIpc) is 3.13. The lowest BCUT2D eigenvalue weighted by atomic mass is 9.85. The van der Waals surface area contributed by atoms with E-state index in [4.69, 9.17) is 11.3 Å². The molecule has 2 aliphatic carbocycles. The fraction of sp³-hybridized carbons (Fsp3) is 0.571. The summed E-state index contributed by atoms with van der Waals surface area (Å²) in [5, 5.41) is 0. The molecule has 0 bridgehead atoms. The van der Waals surface area contributed by atoms with Gasteiger partial charge in [-0.2, -0.15) is 0 Å². The summed E-state index contributed by atoms with van der Waals surface area (Å²) >= 11 is 0. The summed E-state index contributed by atoms with van der Waals surface area (Å²) in [5.41, 5.74) is 0.708. The topological polar surface area (TPSA) is 26.5 Å². The fourth-order valence-corrected chi connectivity index (χ4v) is 2.72. The Morgan fingerprint density at radius 1 is 1.29 bits per heavy atom. The molecule has 2 fully saturated rings. The van der Waals surface area contributed by atoms with Gasteiger partial charge in [-0.1, -0.05) is 6.57 Å². The van der Waals surface area contributed by atoms with Crippen molar-refractivity contribution < 1.29 is 4.74 Å². The van der Waals surface area contributed by atoms with E-state index >= 15 is 0 Å². The van der Waals surface area contributed by atoms with E-state index in [1.807, 2.05) is 6.07 Å². The number of nitrogens with zero attached hydrogens (tertiary/aromatic N) is 2. The summed E-state index contributed by atoms with van der Waals surface area (Å²) in [7, 11) is 0. The molecule has 1 aromatic rings. The van der Waals surface area contributed by atoms with Crippen molar-refractivity contribution in [2.75, 3.05) is 0 Å². The minimum Gasteiger partial charge on any atom is -0.492 e. The van der Waals surface area contributed by atoms with Gasteiger partial charge in [0.15, 0.2) is 0 Å². The highest BCUT2D eigenvalue weighted by Gasteiger charge is 2.45. The van der Waals surface area contributed by atoms with Gasteiger partial charge in [0.05, 0.1) is 6.10 Å². The molecule has 0 aliphatic heterocycles. The van der Waals surface area contributed by atoms with Gasteiger partial charge >= 0.3 is 0 Å². The summed E-state index contributed by atoms with van der Waals surface area (Å²) in [6.45, 7) is 6.93. The molecule has 3 heteroatoms. The van der Waals surface area contributed by atoms with Crippen molar-refractivity contribution in [1.29, 1.82) is 0 Å². The number of pyridine rings is 1. The zero-order valence-corrected chi connectivity index (χ0v) is 9.85. The van der Waals surface area contributed by atoms with Gasteiger partial charge in [0.2, 0.25) is 0 Å². The molecule has 0 N–H and O–H groups in total. The molecule has 3 nitrogen and oxygen atoms in total. The number of rotatable bonds is 2. The molecule has 17 heavy (non-hydrogen) atoms. The van der Waals surface area contributed by atoms with E-state index in [1.165, 1.54) is 25.7 Å². The van der Waals surface area contributed by atoms with Gasteiger partial charge in [-0.15, -0.1) is 4.98 Å². The van der Waals surface area contributed by atoms with Crippen LogP contribution in [0.15, 0.2) is 18.3 Å². The maximum absolute atomic E-state index is 6.93. The average molecular weight is 228 g/mol. The van der Waals surface area contributed by atoms with Crippen molar-refractivity contribution in [3.63, 3.8) is 0 Å². The predicted octanol–water partition coefficient (Wildman–Crippen LogP) is 3.73. The van der Waals surface area contributed by atoms with Gasteiger partial charge in [-0.25, -0.2) is 0 Å². The highest BCUT2D eigenvalue weighted by molar-refractivity contribution is 5.41. The largest absolute Gasteiger partial charge is 0.492 e. The van der Waals surface area contributed by atoms with Crippen LogP contribution in [0.25, 0.3) is 4.85 Å². The van der Waals surface area contributed by atoms with Crippen LogP contribution >= 0.6 is 0 Å². The van der Waals surface area contributed by atoms with Crippen LogP contribution < -0.4 is 4.74 Å². The molecule has 0 saturated heterocycles. The lowest BCUT2D eigenvalue weighted by Crippen LogP contribution is -2.24. The molecule has 2 saturated carbocycles. The fourth-order valence-electron chi connectivity index (χ4n) is 2.72. The van der Waals surface area contributed by atoms with E-state index in [0.717, 1.165) is 18.6 Å². The second-order valence-corrected chi connectivity index (χ2v) is 5.28. The highest BCUT2D eigenvalue weighted by Crippen LogP contribution is 2.56. The van der Waals surface area contributed by atoms with E-state index in [0.29, 0.717) is 17.3 Å². The summed E-state index contributed by atoms with van der Waals surface area (Å²) < 4.78 is 5.94. The maximum Gasteiger partial charge on any atom is 0.273 e. The Morgan fingerprint density at radius 3 is 2.71 bits per heavy atom. The van der Waals surface area contributed by atoms with Crippen molar-refractivity contribution in [2.24, 2.45) is 5.41 Å². The second-order valence-electron chi connectivity index (χ2n) is 5.28. The molecule has 0 amide bonds. The van der Waals surface area contributed by atoms with E-state index < -0.39 is 0 Å². The smallest absolute Gasteiger partial charge is 0.273 e. The highest BCUT2D eigenvalue weighted by atomic mass is 16.5. The molecule has 1 aromatic heterocycles. The molecule has 3 rings (SSSR count). The zero-order chi connectivity index (χ0) is 11.7. The van der Waals surface area contributed by atoms with Gasteiger partial charge in [0.1, 0.15) is 11.9 Å². The predicted molar refractivity (Wildman–Crippen MR) is 65.1 cm³/mol. The molecule has 1 spiro atoms. The standard InChI is InChI=1S/C14H16N2O/c1-15-13-10-12(4-9-16-13)17-11-2-5-14(6-3-11)7-8-14/h4,9-11H,2-3,5-8H2. The minimum absolute atomic E-state index is 0.335. The van der Waals surface area contributed by atoms with Gasteiger partial charge < -0.3 is 9.58 Å². The molecule has 1 heterocycles. The third kappa shape index (κ3) is 2.26. The second kappa shape index (κ2) is 4.03. The van der Waals surface area contributed by atoms with Crippen LogP contribution in [0, 0.1) is 12.0 Å². The monoisotopic (exact) mass is 228 g/mol. The lowest BCUT2D eigenvalue weighted by Gasteiger charge is -2.28. The quantitative estimate of drug-likeness (QED) is 0.721. The molecule has 0 unspecified atom stereocenters. The molecule has 2 aliphatic rings. The Kier molecular flexibility index (Phi) is 2.51. The van der Waals surface area contributed by atoms with Crippen LogP contribution in [0.4, 0.5) is 5.82 Å². The van der Waals surface area contributed by atoms with Gasteiger partial charge in [0, 0.05) is 12.1 Å². The van der Waals surface area contributed by atoms with Crippen LogP contribution in [0.2, 0.25) is 0 Å². The van der Waals surface area contributed by atoms with E-state index in [2.05, 4.69) is 9.83 Å². The van der Waals surface area contributed by atoms with Crippen molar-refractivity contribution >= 4 is 5.82 Å². The summed E-state index contributed by atoms with van der Waals surface area (Å²) in [5.74, 6) is 1.21. The Morgan fingerprint density at radius 2 is 2.06 bits per heavy atom. The van der Waals surface area contributed by atoms with Crippen LogP contribution in [-0.2, 0) is 0 Å². The number of hydrogen-bond acceptors (Lipinski definition) is 2. The van der Waals surface area contributed by atoms with Crippen LogP contribution in [0.5, 0.6) is 5.75 Å². The Bertz CT molecular complexity index is 450. The summed E-state index contributed by atoms with van der Waals surface area (Å²) in [6, 6.07) is 3.57. The lowest BCUT2D eigenvalue weighted by molar-refractivity contribution is 0.124. The molecule has 0 atom stereocenters. The third-order valence-electron chi connectivity index (χ3n) is 4.08. The summed E-state index contributed by atoms with van der Waals surface area (Å²) in [6.07, 6.45) is 9.80. The van der Waals surface area contributed by atoms with Crippen LogP contribution in [0.1, 0.15) is 38.5 Å². The molecular formula is C14H16N2O. The maximum atomic E-state index is 6.93.